The third-order valence-electron chi connectivity index (χ3n) is 3.41. The van der Waals surface area contributed by atoms with Crippen LogP contribution in [0.15, 0.2) is 36.4 Å². The summed E-state index contributed by atoms with van der Waals surface area (Å²) < 4.78 is 0. The molecule has 0 amide bonds. The molecule has 0 aliphatic rings. The molecule has 0 aliphatic heterocycles. The predicted octanol–water partition coefficient (Wildman–Crippen LogP) is 5.71. The van der Waals surface area contributed by atoms with E-state index in [1.165, 1.54) is 62.5 Å². The Morgan fingerprint density at radius 2 is 1.44 bits per heavy atom. The van der Waals surface area contributed by atoms with Gasteiger partial charge in [0.1, 0.15) is 0 Å². The second kappa shape index (κ2) is 9.94. The first kappa shape index (κ1) is 15.0. The Labute approximate surface area is 113 Å². The molecule has 0 aromatic heterocycles. The Balaban J connectivity index is 2.24. The van der Waals surface area contributed by atoms with Gasteiger partial charge in [0, 0.05) is 0 Å². The molecular formula is C18H28. The minimum Gasteiger partial charge on any atom is -0.0917 e. The van der Waals surface area contributed by atoms with Gasteiger partial charge in [-0.1, -0.05) is 62.6 Å². The van der Waals surface area contributed by atoms with E-state index in [1.54, 1.807) is 0 Å². The van der Waals surface area contributed by atoms with Crippen LogP contribution in [0.3, 0.4) is 0 Å². The molecule has 0 radical (unpaired) electrons. The Morgan fingerprint density at radius 1 is 0.833 bits per heavy atom. The van der Waals surface area contributed by atoms with Crippen LogP contribution in [0.2, 0.25) is 0 Å². The minimum absolute atomic E-state index is 1.20. The quantitative estimate of drug-likeness (QED) is 0.385. The first-order valence-corrected chi connectivity index (χ1v) is 7.55. The van der Waals surface area contributed by atoms with Crippen LogP contribution in [0.5, 0.6) is 0 Å². The van der Waals surface area contributed by atoms with Gasteiger partial charge >= 0.3 is 0 Å². The lowest BCUT2D eigenvalue weighted by molar-refractivity contribution is 0.666. The van der Waals surface area contributed by atoms with E-state index < -0.39 is 0 Å². The molecule has 0 heterocycles. The Bertz CT molecular complexity index is 318. The smallest absolute Gasteiger partial charge is 0.0276 e. The van der Waals surface area contributed by atoms with Gasteiger partial charge in [-0.05, 0) is 50.2 Å². The predicted molar refractivity (Wildman–Crippen MR) is 82.0 cm³/mol. The number of hydrogen-bond donors (Lipinski definition) is 0. The van der Waals surface area contributed by atoms with E-state index >= 15 is 0 Å². The summed E-state index contributed by atoms with van der Waals surface area (Å²) in [6.07, 6.45) is 14.7. The molecule has 0 saturated heterocycles. The highest BCUT2D eigenvalue weighted by Gasteiger charge is 1.95. The maximum absolute atomic E-state index is 2.32. The first-order valence-electron chi connectivity index (χ1n) is 7.55. The zero-order chi connectivity index (χ0) is 13.1. The van der Waals surface area contributed by atoms with Crippen molar-refractivity contribution in [1.29, 1.82) is 0 Å². The van der Waals surface area contributed by atoms with Crippen LogP contribution in [0.4, 0.5) is 0 Å². The van der Waals surface area contributed by atoms with Gasteiger partial charge in [-0.15, -0.1) is 0 Å². The Hall–Kier alpha value is -1.04. The maximum atomic E-state index is 2.32. The molecule has 18 heavy (non-hydrogen) atoms. The summed E-state index contributed by atoms with van der Waals surface area (Å²) in [7, 11) is 0. The molecule has 1 rings (SSSR count). The number of unbranched alkanes of at least 4 members (excludes halogenated alkanes) is 4. The number of rotatable bonds is 9. The topological polar surface area (TPSA) is 0 Å². The Morgan fingerprint density at radius 3 is 2.00 bits per heavy atom. The van der Waals surface area contributed by atoms with Crippen molar-refractivity contribution in [1.82, 2.24) is 0 Å². The molecule has 0 nitrogen and oxygen atoms in total. The van der Waals surface area contributed by atoms with E-state index in [0.717, 1.165) is 0 Å². The van der Waals surface area contributed by atoms with Crippen molar-refractivity contribution in [2.75, 3.05) is 0 Å². The van der Waals surface area contributed by atoms with Crippen molar-refractivity contribution < 1.29 is 0 Å². The standard InChI is InChI=1S/C18H28/c1-3-5-7-9-11-17-13-15-18(16-14-17)12-10-8-6-4-2/h3,5,13-16H,4,6-12H2,1-2H3. The van der Waals surface area contributed by atoms with Crippen molar-refractivity contribution in [3.63, 3.8) is 0 Å². The van der Waals surface area contributed by atoms with Gasteiger partial charge in [0.05, 0.1) is 0 Å². The lowest BCUT2D eigenvalue weighted by atomic mass is 10.0. The molecule has 0 bridgehead atoms. The average Bonchev–Trinajstić information content (AvgIpc) is 2.41. The van der Waals surface area contributed by atoms with Crippen LogP contribution < -0.4 is 0 Å². The van der Waals surface area contributed by atoms with Crippen LogP contribution in [-0.4, -0.2) is 0 Å². The van der Waals surface area contributed by atoms with Gasteiger partial charge in [0.15, 0.2) is 0 Å². The van der Waals surface area contributed by atoms with E-state index in [1.807, 2.05) is 0 Å². The SMILES string of the molecule is CC=CCCCc1ccc(CCCCCC)cc1. The highest BCUT2D eigenvalue weighted by Crippen LogP contribution is 2.11. The van der Waals surface area contributed by atoms with Gasteiger partial charge in [-0.25, -0.2) is 0 Å². The molecule has 1 aromatic rings. The summed E-state index contributed by atoms with van der Waals surface area (Å²) in [6.45, 7) is 4.36. The molecule has 0 atom stereocenters. The largest absolute Gasteiger partial charge is 0.0917 e. The van der Waals surface area contributed by atoms with Gasteiger partial charge in [0.2, 0.25) is 0 Å². The van der Waals surface area contributed by atoms with Crippen molar-refractivity contribution in [3.05, 3.63) is 47.5 Å². The van der Waals surface area contributed by atoms with Gasteiger partial charge in [0.25, 0.3) is 0 Å². The second-order valence-corrected chi connectivity index (χ2v) is 5.09. The summed E-state index contributed by atoms with van der Waals surface area (Å²) >= 11 is 0. The van der Waals surface area contributed by atoms with Gasteiger partial charge < -0.3 is 0 Å². The second-order valence-electron chi connectivity index (χ2n) is 5.09. The van der Waals surface area contributed by atoms with E-state index in [-0.39, 0.29) is 0 Å². The van der Waals surface area contributed by atoms with Crippen LogP contribution in [0.1, 0.15) is 63.5 Å². The third kappa shape index (κ3) is 6.64. The van der Waals surface area contributed by atoms with Crippen LogP contribution in [0.25, 0.3) is 0 Å². The summed E-state index contributed by atoms with van der Waals surface area (Å²) in [5, 5.41) is 0. The van der Waals surface area contributed by atoms with Gasteiger partial charge in [-0.2, -0.15) is 0 Å². The van der Waals surface area contributed by atoms with Crippen molar-refractivity contribution in [2.24, 2.45) is 0 Å². The molecule has 100 valence electrons. The fourth-order valence-corrected chi connectivity index (χ4v) is 2.22. The molecular weight excluding hydrogens is 216 g/mol. The summed E-state index contributed by atoms with van der Waals surface area (Å²) in [5.41, 5.74) is 2.99. The maximum Gasteiger partial charge on any atom is -0.0276 e. The molecule has 0 heteroatoms. The number of allylic oxidation sites excluding steroid dienone is 2. The Kier molecular flexibility index (Phi) is 8.29. The van der Waals surface area contributed by atoms with Gasteiger partial charge in [-0.3, -0.25) is 0 Å². The normalized spacial score (nSPS) is 11.2. The van der Waals surface area contributed by atoms with E-state index in [0.29, 0.717) is 0 Å². The lowest BCUT2D eigenvalue weighted by Gasteiger charge is -2.04. The summed E-state index contributed by atoms with van der Waals surface area (Å²) in [5.74, 6) is 0. The molecule has 0 unspecified atom stereocenters. The van der Waals surface area contributed by atoms with Crippen molar-refractivity contribution >= 4 is 0 Å². The molecule has 0 saturated carbocycles. The van der Waals surface area contributed by atoms with E-state index in [9.17, 15) is 0 Å². The fraction of sp³-hybridized carbons (Fsp3) is 0.556. The molecule has 0 aliphatic carbocycles. The van der Waals surface area contributed by atoms with E-state index in [2.05, 4.69) is 50.3 Å². The van der Waals surface area contributed by atoms with Crippen molar-refractivity contribution in [3.8, 4) is 0 Å². The third-order valence-corrected chi connectivity index (χ3v) is 3.41. The number of benzene rings is 1. The molecule has 0 N–H and O–H groups in total. The monoisotopic (exact) mass is 244 g/mol. The van der Waals surface area contributed by atoms with Crippen LogP contribution in [-0.2, 0) is 12.8 Å². The zero-order valence-corrected chi connectivity index (χ0v) is 12.1. The highest BCUT2D eigenvalue weighted by molar-refractivity contribution is 5.22. The fourth-order valence-electron chi connectivity index (χ4n) is 2.22. The lowest BCUT2D eigenvalue weighted by Crippen LogP contribution is -1.89. The number of hydrogen-bond acceptors (Lipinski definition) is 0. The molecule has 1 aromatic carbocycles. The summed E-state index contributed by atoms with van der Waals surface area (Å²) in [4.78, 5) is 0. The minimum atomic E-state index is 1.20. The zero-order valence-electron chi connectivity index (χ0n) is 12.1. The highest BCUT2D eigenvalue weighted by atomic mass is 14.0. The molecule has 0 fully saturated rings. The number of aryl methyl sites for hydroxylation is 2. The summed E-state index contributed by atoms with van der Waals surface area (Å²) in [6, 6.07) is 9.25. The van der Waals surface area contributed by atoms with Crippen LogP contribution >= 0.6 is 0 Å². The average molecular weight is 244 g/mol. The van der Waals surface area contributed by atoms with Crippen molar-refractivity contribution in [2.45, 2.75) is 65.2 Å². The molecule has 0 spiro atoms. The van der Waals surface area contributed by atoms with E-state index in [4.69, 9.17) is 0 Å². The van der Waals surface area contributed by atoms with Crippen LogP contribution in [0, 0.1) is 0 Å². The first-order chi connectivity index (χ1) is 8.86.